The van der Waals surface area contributed by atoms with Gasteiger partial charge in [0.1, 0.15) is 0 Å². The Labute approximate surface area is 226 Å². The number of nitrogens with zero attached hydrogens (tertiary/aromatic N) is 2. The second-order valence-electron chi connectivity index (χ2n) is 10.1. The number of methoxy groups -OCH3 is 2. The largest absolute Gasteiger partial charge is 0.493 e. The molecule has 202 valence electrons. The number of carbonyl (C=O) groups is 1. The maximum Gasteiger partial charge on any atom is 0.332 e. The molecule has 5 rings (SSSR count). The Morgan fingerprint density at radius 2 is 1.54 bits per heavy atom. The van der Waals surface area contributed by atoms with E-state index in [9.17, 15) is 14.4 Å². The lowest BCUT2D eigenvalue weighted by molar-refractivity contribution is 0.0938. The summed E-state index contributed by atoms with van der Waals surface area (Å²) in [4.78, 5) is 40.1. The van der Waals surface area contributed by atoms with Gasteiger partial charge in [-0.25, -0.2) is 4.79 Å². The van der Waals surface area contributed by atoms with Crippen LogP contribution in [-0.4, -0.2) is 35.3 Å². The van der Waals surface area contributed by atoms with Crippen molar-refractivity contribution < 1.29 is 14.3 Å². The highest BCUT2D eigenvalue weighted by atomic mass is 16.5. The van der Waals surface area contributed by atoms with Gasteiger partial charge in [0.2, 0.25) is 0 Å². The van der Waals surface area contributed by atoms with Crippen LogP contribution in [0.1, 0.15) is 52.7 Å². The van der Waals surface area contributed by atoms with Crippen LogP contribution in [0, 0.1) is 6.92 Å². The number of hydrogen-bond acceptors (Lipinski definition) is 5. The van der Waals surface area contributed by atoms with Crippen molar-refractivity contribution in [1.29, 1.82) is 0 Å². The molecular weight excluding hydrogens is 494 g/mol. The van der Waals surface area contributed by atoms with E-state index in [2.05, 4.69) is 5.32 Å². The number of nitrogens with one attached hydrogen (secondary N) is 1. The van der Waals surface area contributed by atoms with Gasteiger partial charge in [-0.15, -0.1) is 0 Å². The topological polar surface area (TPSA) is 91.6 Å². The zero-order chi connectivity index (χ0) is 27.5. The minimum atomic E-state index is -0.427. The van der Waals surface area contributed by atoms with E-state index in [4.69, 9.17) is 9.47 Å². The quantitative estimate of drug-likeness (QED) is 0.370. The molecule has 1 aromatic heterocycles. The van der Waals surface area contributed by atoms with Gasteiger partial charge in [-0.2, -0.15) is 0 Å². The summed E-state index contributed by atoms with van der Waals surface area (Å²) in [5, 5.41) is 3.44. The molecule has 0 bridgehead atoms. The molecule has 0 aliphatic heterocycles. The summed E-state index contributed by atoms with van der Waals surface area (Å²) < 4.78 is 13.7. The van der Waals surface area contributed by atoms with Crippen LogP contribution in [0.3, 0.4) is 0 Å². The van der Waals surface area contributed by atoms with E-state index in [0.717, 1.165) is 42.4 Å². The molecule has 8 heteroatoms. The number of aromatic nitrogens is 2. The highest BCUT2D eigenvalue weighted by Crippen LogP contribution is 2.30. The smallest absolute Gasteiger partial charge is 0.332 e. The Hall–Kier alpha value is -4.33. The number of amides is 1. The first-order chi connectivity index (χ1) is 18.9. The van der Waals surface area contributed by atoms with E-state index in [1.54, 1.807) is 41.0 Å². The number of ether oxygens (including phenoxy) is 2. The van der Waals surface area contributed by atoms with Crippen LogP contribution in [0.5, 0.6) is 11.5 Å². The van der Waals surface area contributed by atoms with Gasteiger partial charge in [0.15, 0.2) is 11.5 Å². The van der Waals surface area contributed by atoms with Crippen molar-refractivity contribution in [3.05, 3.63) is 104 Å². The van der Waals surface area contributed by atoms with Crippen molar-refractivity contribution in [2.24, 2.45) is 0 Å². The molecule has 8 nitrogen and oxygen atoms in total. The van der Waals surface area contributed by atoms with Gasteiger partial charge in [-0.1, -0.05) is 54.8 Å². The molecule has 0 radical (unpaired) electrons. The van der Waals surface area contributed by atoms with Gasteiger partial charge >= 0.3 is 5.69 Å². The van der Waals surface area contributed by atoms with E-state index >= 15 is 0 Å². The van der Waals surface area contributed by atoms with Gasteiger partial charge in [0.05, 0.1) is 38.2 Å². The number of hydrogen-bond donors (Lipinski definition) is 1. The minimum Gasteiger partial charge on any atom is -0.493 e. The highest BCUT2D eigenvalue weighted by Gasteiger charge is 2.19. The maximum atomic E-state index is 13.8. The van der Waals surface area contributed by atoms with E-state index in [0.29, 0.717) is 28.0 Å². The third-order valence-electron chi connectivity index (χ3n) is 7.40. The van der Waals surface area contributed by atoms with Gasteiger partial charge in [-0.3, -0.25) is 18.7 Å². The summed E-state index contributed by atoms with van der Waals surface area (Å²) >= 11 is 0. The number of fused-ring (bicyclic) bond motifs is 1. The predicted molar refractivity (Wildman–Crippen MR) is 151 cm³/mol. The van der Waals surface area contributed by atoms with Crippen LogP contribution in [-0.2, 0) is 13.1 Å². The maximum absolute atomic E-state index is 13.8. The van der Waals surface area contributed by atoms with Gasteiger partial charge in [-0.05, 0) is 49.1 Å². The average Bonchev–Trinajstić information content (AvgIpc) is 3.46. The molecule has 1 N–H and O–H groups in total. The van der Waals surface area contributed by atoms with Gasteiger partial charge in [0.25, 0.3) is 11.5 Å². The lowest BCUT2D eigenvalue weighted by Crippen LogP contribution is -2.40. The first-order valence-corrected chi connectivity index (χ1v) is 13.2. The van der Waals surface area contributed by atoms with E-state index in [-0.39, 0.29) is 25.0 Å². The lowest BCUT2D eigenvalue weighted by atomic mass is 10.1. The average molecular weight is 528 g/mol. The molecule has 1 saturated carbocycles. The van der Waals surface area contributed by atoms with Crippen molar-refractivity contribution in [2.75, 3.05) is 14.2 Å². The molecule has 3 aromatic carbocycles. The molecule has 1 amide bonds. The Morgan fingerprint density at radius 3 is 2.21 bits per heavy atom. The number of rotatable bonds is 8. The first kappa shape index (κ1) is 26.3. The molecular formula is C31H33N3O5. The van der Waals surface area contributed by atoms with Gasteiger partial charge < -0.3 is 14.8 Å². The monoisotopic (exact) mass is 527 g/mol. The number of carbonyl (C=O) groups excluding carboxylic acids is 1. The lowest BCUT2D eigenvalue weighted by Gasteiger charge is -2.17. The van der Waals surface area contributed by atoms with E-state index in [1.165, 1.54) is 18.8 Å². The highest BCUT2D eigenvalue weighted by molar-refractivity contribution is 5.94. The fourth-order valence-corrected chi connectivity index (χ4v) is 5.31. The SMILES string of the molecule is COc1cc2c(=O)n(Cc3ccc(C(=O)NC4CCCC4)cc3)c(=O)n(Cc3cccc(C)c3)c2cc1OC. The summed E-state index contributed by atoms with van der Waals surface area (Å²) in [5.74, 6) is 0.746. The summed E-state index contributed by atoms with van der Waals surface area (Å²) in [6.45, 7) is 2.35. The first-order valence-electron chi connectivity index (χ1n) is 13.2. The molecule has 1 fully saturated rings. The molecule has 39 heavy (non-hydrogen) atoms. The van der Waals surface area contributed by atoms with Crippen LogP contribution >= 0.6 is 0 Å². The van der Waals surface area contributed by atoms with Crippen LogP contribution in [0.15, 0.2) is 70.3 Å². The van der Waals surface area contributed by atoms with Crippen LogP contribution in [0.25, 0.3) is 10.9 Å². The molecule has 1 aliphatic carbocycles. The summed E-state index contributed by atoms with van der Waals surface area (Å²) in [6, 6.07) is 18.5. The molecule has 1 heterocycles. The molecule has 4 aromatic rings. The van der Waals surface area contributed by atoms with Crippen molar-refractivity contribution >= 4 is 16.8 Å². The summed E-state index contributed by atoms with van der Waals surface area (Å²) in [6.07, 6.45) is 4.31. The predicted octanol–water partition coefficient (Wildman–Crippen LogP) is 4.26. The van der Waals surface area contributed by atoms with Crippen LogP contribution in [0.4, 0.5) is 0 Å². The zero-order valence-electron chi connectivity index (χ0n) is 22.5. The minimum absolute atomic E-state index is 0.0697. The third kappa shape index (κ3) is 5.46. The second kappa shape index (κ2) is 11.2. The molecule has 0 spiro atoms. The Kier molecular flexibility index (Phi) is 7.54. The zero-order valence-corrected chi connectivity index (χ0v) is 22.5. The fraction of sp³-hybridized carbons (Fsp3) is 0.323. The Balaban J connectivity index is 1.54. The standard InChI is InChI=1S/C31H33N3O5/c1-20-7-6-8-22(15-20)19-33-26-17-28(39-3)27(38-2)16-25(26)30(36)34(31(33)37)18-21-11-13-23(14-12-21)29(35)32-24-9-4-5-10-24/h6-8,11-17,24H,4-5,9-10,18-19H2,1-3H3,(H,32,35). The Bertz CT molecular complexity index is 1630. The summed E-state index contributed by atoms with van der Waals surface area (Å²) in [5.41, 5.74) is 2.95. The van der Waals surface area contributed by atoms with Crippen LogP contribution < -0.4 is 26.0 Å². The number of benzene rings is 3. The number of aryl methyl sites for hydroxylation is 1. The molecule has 1 aliphatic rings. The van der Waals surface area contributed by atoms with Gasteiger partial charge in [0, 0.05) is 17.7 Å². The fourth-order valence-electron chi connectivity index (χ4n) is 5.31. The van der Waals surface area contributed by atoms with Crippen molar-refractivity contribution in [1.82, 2.24) is 14.5 Å². The molecule has 0 unspecified atom stereocenters. The van der Waals surface area contributed by atoms with Crippen molar-refractivity contribution in [2.45, 2.75) is 51.7 Å². The van der Waals surface area contributed by atoms with Crippen LogP contribution in [0.2, 0.25) is 0 Å². The van der Waals surface area contributed by atoms with Crippen molar-refractivity contribution in [3.8, 4) is 11.5 Å². The third-order valence-corrected chi connectivity index (χ3v) is 7.40. The van der Waals surface area contributed by atoms with E-state index in [1.807, 2.05) is 31.2 Å². The Morgan fingerprint density at radius 1 is 0.872 bits per heavy atom. The van der Waals surface area contributed by atoms with E-state index < -0.39 is 11.2 Å². The summed E-state index contributed by atoms with van der Waals surface area (Å²) in [7, 11) is 3.03. The van der Waals surface area contributed by atoms with Crippen molar-refractivity contribution in [3.63, 3.8) is 0 Å². The second-order valence-corrected chi connectivity index (χ2v) is 10.1. The normalized spacial score (nSPS) is 13.5. The molecule has 0 atom stereocenters. The molecule has 0 saturated heterocycles.